The molecule has 0 unspecified atom stereocenters. The standard InChI is InChI=1S/C37H27ClN2S/c38-30-19-17-29(18-20-30)36(37-13-7-8-26-39-37)27-35-25-24-34(41-35)23-16-28-14-21-33(22-15-28)40(31-9-3-1-4-10-31)32-11-5-2-6-12-32/h1-27H. The molecule has 0 fully saturated rings. The van der Waals surface area contributed by atoms with E-state index in [4.69, 9.17) is 11.6 Å². The number of hydrogen-bond donors (Lipinski definition) is 0. The number of thiophene rings is 1. The van der Waals surface area contributed by atoms with Gasteiger partial charge in [0.15, 0.2) is 0 Å². The van der Waals surface area contributed by atoms with E-state index in [1.807, 2.05) is 60.8 Å². The number of aromatic nitrogens is 1. The lowest BCUT2D eigenvalue weighted by molar-refractivity contribution is 1.28. The van der Waals surface area contributed by atoms with E-state index in [9.17, 15) is 0 Å². The Balaban J connectivity index is 1.23. The molecule has 41 heavy (non-hydrogen) atoms. The highest BCUT2D eigenvalue weighted by Gasteiger charge is 2.11. The summed E-state index contributed by atoms with van der Waals surface area (Å²) in [6.45, 7) is 0. The Bertz CT molecular complexity index is 1720. The molecule has 0 saturated carbocycles. The summed E-state index contributed by atoms with van der Waals surface area (Å²) in [5.74, 6) is 0. The van der Waals surface area contributed by atoms with Gasteiger partial charge in [-0.1, -0.05) is 84.4 Å². The summed E-state index contributed by atoms with van der Waals surface area (Å²) in [5.41, 5.74) is 7.61. The fourth-order valence-corrected chi connectivity index (χ4v) is 5.63. The highest BCUT2D eigenvalue weighted by atomic mass is 35.5. The Morgan fingerprint density at radius 2 is 1.20 bits per heavy atom. The molecule has 0 amide bonds. The van der Waals surface area contributed by atoms with Crippen molar-refractivity contribution in [3.8, 4) is 0 Å². The Hall–Kier alpha value is -4.70. The quantitative estimate of drug-likeness (QED) is 0.182. The van der Waals surface area contributed by atoms with Crippen LogP contribution in [0.1, 0.15) is 26.6 Å². The van der Waals surface area contributed by atoms with Crippen LogP contribution in [0.15, 0.2) is 146 Å². The van der Waals surface area contributed by atoms with Gasteiger partial charge in [-0.2, -0.15) is 0 Å². The minimum atomic E-state index is 0.721. The number of nitrogens with zero attached hydrogens (tertiary/aromatic N) is 2. The third kappa shape index (κ3) is 6.55. The molecule has 2 nitrogen and oxygen atoms in total. The largest absolute Gasteiger partial charge is 0.311 e. The predicted octanol–water partition coefficient (Wildman–Crippen LogP) is 11.0. The maximum Gasteiger partial charge on any atom is 0.0708 e. The molecule has 4 heteroatoms. The lowest BCUT2D eigenvalue weighted by Gasteiger charge is -2.25. The molecule has 0 radical (unpaired) electrons. The number of anilines is 3. The van der Waals surface area contributed by atoms with Crippen molar-refractivity contribution in [2.45, 2.75) is 0 Å². The van der Waals surface area contributed by atoms with Gasteiger partial charge < -0.3 is 4.90 Å². The van der Waals surface area contributed by atoms with Crippen LogP contribution in [-0.4, -0.2) is 4.98 Å². The van der Waals surface area contributed by atoms with Gasteiger partial charge in [-0.05, 0) is 96.1 Å². The SMILES string of the molecule is Clc1ccc(C(=Cc2ccc(C=Cc3ccc(N(c4ccccc4)c4ccccc4)cc3)s2)c2ccccn2)cc1. The van der Waals surface area contributed by atoms with Crippen molar-refractivity contribution in [1.82, 2.24) is 4.98 Å². The second kappa shape index (κ2) is 12.6. The first-order chi connectivity index (χ1) is 20.2. The Morgan fingerprint density at radius 1 is 0.585 bits per heavy atom. The van der Waals surface area contributed by atoms with Crippen LogP contribution >= 0.6 is 22.9 Å². The predicted molar refractivity (Wildman–Crippen MR) is 177 cm³/mol. The summed E-state index contributed by atoms with van der Waals surface area (Å²) in [7, 11) is 0. The van der Waals surface area contributed by atoms with E-state index >= 15 is 0 Å². The molecule has 0 saturated heterocycles. The summed E-state index contributed by atoms with van der Waals surface area (Å²) in [4.78, 5) is 9.22. The van der Waals surface area contributed by atoms with Crippen molar-refractivity contribution in [3.05, 3.63) is 177 Å². The van der Waals surface area contributed by atoms with E-state index in [1.54, 1.807) is 11.3 Å². The van der Waals surface area contributed by atoms with E-state index in [0.717, 1.165) is 49.4 Å². The molecule has 198 valence electrons. The van der Waals surface area contributed by atoms with E-state index in [1.165, 1.54) is 4.88 Å². The van der Waals surface area contributed by atoms with E-state index in [-0.39, 0.29) is 0 Å². The van der Waals surface area contributed by atoms with E-state index in [2.05, 4.69) is 113 Å². The maximum absolute atomic E-state index is 6.15. The van der Waals surface area contributed by atoms with Gasteiger partial charge in [0.2, 0.25) is 0 Å². The van der Waals surface area contributed by atoms with Crippen LogP contribution in [-0.2, 0) is 0 Å². The fourth-order valence-electron chi connectivity index (χ4n) is 4.65. The summed E-state index contributed by atoms with van der Waals surface area (Å²) in [6.07, 6.45) is 8.36. The summed E-state index contributed by atoms with van der Waals surface area (Å²) in [6, 6.07) is 47.8. The van der Waals surface area contributed by atoms with Gasteiger partial charge in [-0.15, -0.1) is 11.3 Å². The van der Waals surface area contributed by atoms with Crippen molar-refractivity contribution in [1.29, 1.82) is 0 Å². The topological polar surface area (TPSA) is 16.1 Å². The lowest BCUT2D eigenvalue weighted by Crippen LogP contribution is -2.09. The van der Waals surface area contributed by atoms with Crippen molar-refractivity contribution in [2.24, 2.45) is 0 Å². The summed E-state index contributed by atoms with van der Waals surface area (Å²) < 4.78 is 0. The smallest absolute Gasteiger partial charge is 0.0708 e. The molecular weight excluding hydrogens is 540 g/mol. The molecule has 6 rings (SSSR count). The summed E-state index contributed by atoms with van der Waals surface area (Å²) >= 11 is 7.90. The van der Waals surface area contributed by atoms with Crippen LogP contribution in [0.25, 0.3) is 23.8 Å². The van der Waals surface area contributed by atoms with Gasteiger partial charge in [-0.25, -0.2) is 0 Å². The number of pyridine rings is 1. The normalized spacial score (nSPS) is 11.6. The third-order valence-electron chi connectivity index (χ3n) is 6.65. The Labute approximate surface area is 250 Å². The number of hydrogen-bond acceptors (Lipinski definition) is 3. The number of para-hydroxylation sites is 2. The molecule has 4 aromatic carbocycles. The average molecular weight is 567 g/mol. The molecule has 0 atom stereocenters. The minimum absolute atomic E-state index is 0.721. The molecule has 0 aliphatic carbocycles. The van der Waals surface area contributed by atoms with Crippen molar-refractivity contribution in [3.63, 3.8) is 0 Å². The lowest BCUT2D eigenvalue weighted by atomic mass is 10.0. The van der Waals surface area contributed by atoms with Gasteiger partial charge in [0, 0.05) is 43.6 Å². The first-order valence-electron chi connectivity index (χ1n) is 13.4. The molecule has 0 aliphatic rings. The van der Waals surface area contributed by atoms with Gasteiger partial charge in [0.05, 0.1) is 5.69 Å². The molecule has 0 aliphatic heterocycles. The fraction of sp³-hybridized carbons (Fsp3) is 0. The van der Waals surface area contributed by atoms with Crippen LogP contribution < -0.4 is 4.90 Å². The Kier molecular flexibility index (Phi) is 8.18. The van der Waals surface area contributed by atoms with Gasteiger partial charge >= 0.3 is 0 Å². The zero-order valence-corrected chi connectivity index (χ0v) is 23.8. The zero-order valence-electron chi connectivity index (χ0n) is 22.3. The van der Waals surface area contributed by atoms with Crippen LogP contribution in [0.3, 0.4) is 0 Å². The monoisotopic (exact) mass is 566 g/mol. The van der Waals surface area contributed by atoms with Gasteiger partial charge in [-0.3, -0.25) is 4.98 Å². The average Bonchev–Trinajstić information content (AvgIpc) is 3.49. The maximum atomic E-state index is 6.15. The highest BCUT2D eigenvalue weighted by Crippen LogP contribution is 2.34. The molecule has 6 aromatic rings. The number of rotatable bonds is 8. The highest BCUT2D eigenvalue weighted by molar-refractivity contribution is 7.13. The van der Waals surface area contributed by atoms with Crippen LogP contribution in [0, 0.1) is 0 Å². The molecule has 2 aromatic heterocycles. The van der Waals surface area contributed by atoms with Crippen LogP contribution in [0.4, 0.5) is 17.1 Å². The summed E-state index contributed by atoms with van der Waals surface area (Å²) in [5, 5.41) is 0.721. The van der Waals surface area contributed by atoms with Crippen molar-refractivity contribution in [2.75, 3.05) is 4.90 Å². The van der Waals surface area contributed by atoms with Crippen molar-refractivity contribution < 1.29 is 0 Å². The molecular formula is C37H27ClN2S. The number of halogens is 1. The second-order valence-corrected chi connectivity index (χ2v) is 11.0. The van der Waals surface area contributed by atoms with Crippen LogP contribution in [0.2, 0.25) is 5.02 Å². The molecule has 2 heterocycles. The van der Waals surface area contributed by atoms with E-state index in [0.29, 0.717) is 0 Å². The minimum Gasteiger partial charge on any atom is -0.311 e. The van der Waals surface area contributed by atoms with E-state index < -0.39 is 0 Å². The van der Waals surface area contributed by atoms with Crippen LogP contribution in [0.5, 0.6) is 0 Å². The zero-order chi connectivity index (χ0) is 27.9. The molecule has 0 N–H and O–H groups in total. The first kappa shape index (κ1) is 26.5. The van der Waals surface area contributed by atoms with Crippen molar-refractivity contribution >= 4 is 63.8 Å². The van der Waals surface area contributed by atoms with Gasteiger partial charge in [0.1, 0.15) is 0 Å². The first-order valence-corrected chi connectivity index (χ1v) is 14.6. The molecule has 0 spiro atoms. The van der Waals surface area contributed by atoms with Gasteiger partial charge in [0.25, 0.3) is 0 Å². The second-order valence-electron chi connectivity index (χ2n) is 9.45. The molecule has 0 bridgehead atoms. The number of benzene rings is 4. The Morgan fingerprint density at radius 3 is 1.83 bits per heavy atom. The third-order valence-corrected chi connectivity index (χ3v) is 7.90.